The molecule has 0 amide bonds. The van der Waals surface area contributed by atoms with Gasteiger partial charge in [-0.25, -0.2) is 0 Å². The molecule has 0 saturated carbocycles. The first-order chi connectivity index (χ1) is 8.61. The Morgan fingerprint density at radius 2 is 2.17 bits per heavy atom. The van der Waals surface area contributed by atoms with Crippen LogP contribution >= 0.6 is 38.9 Å². The molecule has 2 aromatic rings. The lowest BCUT2D eigenvalue weighted by molar-refractivity contribution is 1.43. The van der Waals surface area contributed by atoms with Gasteiger partial charge in [0.05, 0.1) is 10.6 Å². The third-order valence-corrected chi connectivity index (χ3v) is 4.15. The number of rotatable bonds is 2. The van der Waals surface area contributed by atoms with E-state index in [-0.39, 0.29) is 0 Å². The van der Waals surface area contributed by atoms with Crippen molar-refractivity contribution >= 4 is 49.5 Å². The van der Waals surface area contributed by atoms with E-state index in [1.165, 1.54) is 11.3 Å². The Hall–Kier alpha value is -1.08. The fraction of sp³-hybridized carbons (Fsp3) is 0.0714. The zero-order valence-electron chi connectivity index (χ0n) is 9.58. The molecule has 1 aromatic carbocycles. The summed E-state index contributed by atoms with van der Waals surface area (Å²) in [6.45, 7) is 2.00. The zero-order chi connectivity index (χ0) is 13.1. The highest BCUT2D eigenvalue weighted by Crippen LogP contribution is 2.33. The summed E-state index contributed by atoms with van der Waals surface area (Å²) in [4.78, 5) is 0.889. The highest BCUT2D eigenvalue weighted by molar-refractivity contribution is 9.10. The van der Waals surface area contributed by atoms with Gasteiger partial charge in [-0.1, -0.05) is 39.7 Å². The lowest BCUT2D eigenvalue weighted by Gasteiger charge is -2.05. The van der Waals surface area contributed by atoms with Crippen molar-refractivity contribution in [3.63, 3.8) is 0 Å². The minimum absolute atomic E-state index is 0.490. The fourth-order valence-electron chi connectivity index (χ4n) is 1.64. The summed E-state index contributed by atoms with van der Waals surface area (Å²) in [5, 5.41) is 11.7. The van der Waals surface area contributed by atoms with Gasteiger partial charge >= 0.3 is 0 Å². The monoisotopic (exact) mass is 337 g/mol. The first kappa shape index (κ1) is 13.4. The molecule has 90 valence electrons. The molecule has 0 aliphatic rings. The SMILES string of the molecule is Cc1cc(Br)cc(/C(Cl)=C(/C#N)c2cccs2)c1. The number of nitriles is 1. The minimum Gasteiger partial charge on any atom is -0.192 e. The Morgan fingerprint density at radius 1 is 1.39 bits per heavy atom. The van der Waals surface area contributed by atoms with Crippen LogP contribution in [0.2, 0.25) is 0 Å². The predicted octanol–water partition coefficient (Wildman–Crippen LogP) is 5.45. The molecule has 18 heavy (non-hydrogen) atoms. The summed E-state index contributed by atoms with van der Waals surface area (Å²) in [7, 11) is 0. The molecule has 1 nitrogen and oxygen atoms in total. The van der Waals surface area contributed by atoms with Gasteiger partial charge in [-0.05, 0) is 41.6 Å². The van der Waals surface area contributed by atoms with Crippen molar-refractivity contribution in [3.8, 4) is 6.07 Å². The summed E-state index contributed by atoms with van der Waals surface area (Å²) in [6.07, 6.45) is 0. The molecule has 0 atom stereocenters. The second-order valence-electron chi connectivity index (χ2n) is 3.80. The van der Waals surface area contributed by atoms with E-state index in [4.69, 9.17) is 11.6 Å². The van der Waals surface area contributed by atoms with Crippen molar-refractivity contribution in [1.82, 2.24) is 0 Å². The molecule has 1 aromatic heterocycles. The largest absolute Gasteiger partial charge is 0.192 e. The molecule has 0 N–H and O–H groups in total. The molecule has 0 bridgehead atoms. The lowest BCUT2D eigenvalue weighted by Crippen LogP contribution is -1.85. The summed E-state index contributed by atoms with van der Waals surface area (Å²) < 4.78 is 0.958. The number of nitrogens with zero attached hydrogens (tertiary/aromatic N) is 1. The smallest absolute Gasteiger partial charge is 0.102 e. The highest BCUT2D eigenvalue weighted by atomic mass is 79.9. The van der Waals surface area contributed by atoms with E-state index in [1.54, 1.807) is 0 Å². The molecule has 0 unspecified atom stereocenters. The Morgan fingerprint density at radius 3 is 2.72 bits per heavy atom. The van der Waals surface area contributed by atoms with Crippen LogP contribution in [-0.4, -0.2) is 0 Å². The van der Waals surface area contributed by atoms with Crippen LogP contribution in [0.3, 0.4) is 0 Å². The number of allylic oxidation sites excluding steroid dienone is 1. The molecule has 1 heterocycles. The topological polar surface area (TPSA) is 23.8 Å². The van der Waals surface area contributed by atoms with Gasteiger partial charge in [0.2, 0.25) is 0 Å². The van der Waals surface area contributed by atoms with Gasteiger partial charge in [0, 0.05) is 9.35 Å². The van der Waals surface area contributed by atoms with Gasteiger partial charge in [-0.3, -0.25) is 0 Å². The molecule has 2 rings (SSSR count). The molecular formula is C14H9BrClNS. The number of aryl methyl sites for hydroxylation is 1. The van der Waals surface area contributed by atoms with Crippen LogP contribution in [0.25, 0.3) is 10.6 Å². The molecule has 4 heteroatoms. The number of hydrogen-bond acceptors (Lipinski definition) is 2. The van der Waals surface area contributed by atoms with E-state index in [0.717, 1.165) is 20.5 Å². The summed E-state index contributed by atoms with van der Waals surface area (Å²) in [6, 6.07) is 11.9. The van der Waals surface area contributed by atoms with Crippen molar-refractivity contribution < 1.29 is 0 Å². The Balaban J connectivity index is 2.58. The maximum atomic E-state index is 9.27. The van der Waals surface area contributed by atoms with E-state index in [0.29, 0.717) is 10.6 Å². The second-order valence-corrected chi connectivity index (χ2v) is 6.04. The van der Waals surface area contributed by atoms with E-state index in [9.17, 15) is 5.26 Å². The van der Waals surface area contributed by atoms with E-state index < -0.39 is 0 Å². The van der Waals surface area contributed by atoms with Crippen LogP contribution < -0.4 is 0 Å². The quantitative estimate of drug-likeness (QED) is 0.668. The van der Waals surface area contributed by atoms with E-state index in [1.807, 2.05) is 42.6 Å². The Bertz CT molecular complexity index is 618. The fourth-order valence-corrected chi connectivity index (χ4v) is 3.28. The summed E-state index contributed by atoms with van der Waals surface area (Å²) >= 11 is 11.3. The van der Waals surface area contributed by atoms with Crippen molar-refractivity contribution in [2.24, 2.45) is 0 Å². The third-order valence-electron chi connectivity index (χ3n) is 2.39. The maximum absolute atomic E-state index is 9.27. The molecule has 0 saturated heterocycles. The van der Waals surface area contributed by atoms with Crippen LogP contribution in [0, 0.1) is 18.3 Å². The van der Waals surface area contributed by atoms with Crippen molar-refractivity contribution in [2.45, 2.75) is 6.92 Å². The van der Waals surface area contributed by atoms with Crippen molar-refractivity contribution in [1.29, 1.82) is 5.26 Å². The highest BCUT2D eigenvalue weighted by Gasteiger charge is 2.11. The molecule has 0 aliphatic carbocycles. The van der Waals surface area contributed by atoms with Crippen LogP contribution in [0.4, 0.5) is 0 Å². The number of benzene rings is 1. The maximum Gasteiger partial charge on any atom is 0.102 e. The molecule has 0 aliphatic heterocycles. The number of hydrogen-bond donors (Lipinski definition) is 0. The van der Waals surface area contributed by atoms with Gasteiger partial charge in [0.15, 0.2) is 0 Å². The summed E-state index contributed by atoms with van der Waals surface area (Å²) in [5.41, 5.74) is 2.47. The Kier molecular flexibility index (Phi) is 4.23. The first-order valence-corrected chi connectivity index (χ1v) is 7.28. The Labute approximate surface area is 123 Å². The van der Waals surface area contributed by atoms with Crippen LogP contribution in [0.15, 0.2) is 40.2 Å². The molecule has 0 radical (unpaired) electrons. The van der Waals surface area contributed by atoms with E-state index in [2.05, 4.69) is 22.0 Å². The summed E-state index contributed by atoms with van der Waals surface area (Å²) in [5.74, 6) is 0. The van der Waals surface area contributed by atoms with Crippen molar-refractivity contribution in [3.05, 3.63) is 56.2 Å². The molecule has 0 spiro atoms. The predicted molar refractivity (Wildman–Crippen MR) is 81.5 cm³/mol. The standard InChI is InChI=1S/C14H9BrClNS/c1-9-5-10(7-11(15)6-9)14(16)12(8-17)13-3-2-4-18-13/h2-7H,1H3/b14-12+. The van der Waals surface area contributed by atoms with Gasteiger partial charge in [0.1, 0.15) is 6.07 Å². The average Bonchev–Trinajstić information content (AvgIpc) is 2.82. The van der Waals surface area contributed by atoms with Gasteiger partial charge in [-0.15, -0.1) is 11.3 Å². The van der Waals surface area contributed by atoms with Crippen molar-refractivity contribution in [2.75, 3.05) is 0 Å². The average molecular weight is 339 g/mol. The molecule has 0 fully saturated rings. The third kappa shape index (κ3) is 2.84. The van der Waals surface area contributed by atoms with Gasteiger partial charge in [-0.2, -0.15) is 5.26 Å². The first-order valence-electron chi connectivity index (χ1n) is 5.23. The second kappa shape index (κ2) is 5.71. The minimum atomic E-state index is 0.490. The number of thiophene rings is 1. The van der Waals surface area contributed by atoms with Crippen LogP contribution in [0.1, 0.15) is 16.0 Å². The number of halogens is 2. The molecular weight excluding hydrogens is 330 g/mol. The van der Waals surface area contributed by atoms with Crippen LogP contribution in [-0.2, 0) is 0 Å². The van der Waals surface area contributed by atoms with Gasteiger partial charge in [0.25, 0.3) is 0 Å². The lowest BCUT2D eigenvalue weighted by atomic mass is 10.1. The van der Waals surface area contributed by atoms with Crippen LogP contribution in [0.5, 0.6) is 0 Å². The van der Waals surface area contributed by atoms with Gasteiger partial charge < -0.3 is 0 Å². The van der Waals surface area contributed by atoms with E-state index >= 15 is 0 Å². The normalized spacial score (nSPS) is 11.9. The zero-order valence-corrected chi connectivity index (χ0v) is 12.7.